The van der Waals surface area contributed by atoms with Gasteiger partial charge in [0, 0.05) is 11.1 Å². The zero-order valence-corrected chi connectivity index (χ0v) is 9.36. The molecule has 1 aliphatic heterocycles. The van der Waals surface area contributed by atoms with Crippen molar-refractivity contribution in [1.82, 2.24) is 4.98 Å². The van der Waals surface area contributed by atoms with Gasteiger partial charge in [-0.1, -0.05) is 0 Å². The molecule has 0 saturated carbocycles. The summed E-state index contributed by atoms with van der Waals surface area (Å²) in [6.45, 7) is 3.90. The number of aliphatic hydroxyl groups is 1. The van der Waals surface area contributed by atoms with Crippen molar-refractivity contribution in [3.8, 4) is 5.75 Å². The maximum Gasteiger partial charge on any atom is 0.155 e. The molecular weight excluding hydrogens is 210 g/mol. The number of nitrogens with zero attached hydrogens (tertiary/aromatic N) is 1. The maximum absolute atomic E-state index is 9.89. The Labute approximate surface area is 93.7 Å². The van der Waals surface area contributed by atoms with Crippen LogP contribution < -0.4 is 0 Å². The Morgan fingerprint density at radius 3 is 2.56 bits per heavy atom. The number of aromatic nitrogens is 1. The number of hydrogen-bond donors (Lipinski definition) is 2. The van der Waals surface area contributed by atoms with Crippen molar-refractivity contribution in [1.29, 1.82) is 0 Å². The smallest absolute Gasteiger partial charge is 0.155 e. The molecule has 0 bridgehead atoms. The first-order valence-corrected chi connectivity index (χ1v) is 5.17. The van der Waals surface area contributed by atoms with Gasteiger partial charge in [0.2, 0.25) is 0 Å². The van der Waals surface area contributed by atoms with E-state index in [-0.39, 0.29) is 25.3 Å². The first-order valence-electron chi connectivity index (χ1n) is 5.17. The SMILES string of the molecule is Cc1nc(CO)c2c(c1O)COC(C)OC2. The summed E-state index contributed by atoms with van der Waals surface area (Å²) in [7, 11) is 0. The molecule has 2 N–H and O–H groups in total. The highest BCUT2D eigenvalue weighted by molar-refractivity contribution is 5.43. The van der Waals surface area contributed by atoms with E-state index >= 15 is 0 Å². The number of aliphatic hydroxyl groups excluding tert-OH is 1. The van der Waals surface area contributed by atoms with E-state index < -0.39 is 0 Å². The van der Waals surface area contributed by atoms with E-state index in [2.05, 4.69) is 4.98 Å². The minimum absolute atomic E-state index is 0.130. The van der Waals surface area contributed by atoms with Gasteiger partial charge in [0.1, 0.15) is 5.75 Å². The van der Waals surface area contributed by atoms with Crippen LogP contribution in [0.1, 0.15) is 29.4 Å². The quantitative estimate of drug-likeness (QED) is 0.745. The average molecular weight is 225 g/mol. The van der Waals surface area contributed by atoms with Crippen molar-refractivity contribution in [3.05, 3.63) is 22.5 Å². The third-order valence-electron chi connectivity index (χ3n) is 2.72. The van der Waals surface area contributed by atoms with Gasteiger partial charge in [-0.25, -0.2) is 0 Å². The molecule has 0 amide bonds. The number of aromatic hydroxyl groups is 1. The van der Waals surface area contributed by atoms with Crippen LogP contribution in [0, 0.1) is 6.92 Å². The van der Waals surface area contributed by atoms with Crippen LogP contribution in [0.2, 0.25) is 0 Å². The van der Waals surface area contributed by atoms with Crippen LogP contribution in [-0.2, 0) is 29.3 Å². The summed E-state index contributed by atoms with van der Waals surface area (Å²) in [5, 5.41) is 19.1. The molecule has 0 radical (unpaired) electrons. The zero-order valence-electron chi connectivity index (χ0n) is 9.36. The van der Waals surface area contributed by atoms with Crippen LogP contribution in [0.25, 0.3) is 0 Å². The van der Waals surface area contributed by atoms with Gasteiger partial charge in [-0.15, -0.1) is 0 Å². The molecular formula is C11H15NO4. The average Bonchev–Trinajstić information content (AvgIpc) is 2.46. The van der Waals surface area contributed by atoms with Crippen molar-refractivity contribution in [2.75, 3.05) is 0 Å². The van der Waals surface area contributed by atoms with Gasteiger partial charge in [-0.05, 0) is 13.8 Å². The molecule has 2 rings (SSSR count). The monoisotopic (exact) mass is 225 g/mol. The van der Waals surface area contributed by atoms with Gasteiger partial charge in [0.05, 0.1) is 31.2 Å². The van der Waals surface area contributed by atoms with Crippen LogP contribution in [0.4, 0.5) is 0 Å². The van der Waals surface area contributed by atoms with Crippen LogP contribution >= 0.6 is 0 Å². The van der Waals surface area contributed by atoms with Gasteiger partial charge >= 0.3 is 0 Å². The second-order valence-corrected chi connectivity index (χ2v) is 3.80. The number of rotatable bonds is 1. The number of pyridine rings is 1. The first kappa shape index (κ1) is 11.3. The zero-order chi connectivity index (χ0) is 11.7. The van der Waals surface area contributed by atoms with Gasteiger partial charge < -0.3 is 19.7 Å². The van der Waals surface area contributed by atoms with Gasteiger partial charge in [0.15, 0.2) is 6.29 Å². The van der Waals surface area contributed by atoms with E-state index in [1.165, 1.54) is 0 Å². The summed E-state index contributed by atoms with van der Waals surface area (Å²) in [4.78, 5) is 4.14. The van der Waals surface area contributed by atoms with E-state index in [0.29, 0.717) is 23.6 Å². The summed E-state index contributed by atoms with van der Waals surface area (Å²) >= 11 is 0. The number of fused-ring (bicyclic) bond motifs is 1. The molecule has 1 aromatic heterocycles. The number of aryl methyl sites for hydroxylation is 1. The van der Waals surface area contributed by atoms with Crippen LogP contribution in [0.5, 0.6) is 5.75 Å². The lowest BCUT2D eigenvalue weighted by Crippen LogP contribution is -2.08. The molecule has 2 heterocycles. The second-order valence-electron chi connectivity index (χ2n) is 3.80. The molecule has 16 heavy (non-hydrogen) atoms. The Kier molecular flexibility index (Phi) is 3.09. The molecule has 0 spiro atoms. The van der Waals surface area contributed by atoms with Crippen molar-refractivity contribution >= 4 is 0 Å². The lowest BCUT2D eigenvalue weighted by Gasteiger charge is -2.12. The Balaban J connectivity index is 2.52. The normalized spacial score (nSPS) is 20.3. The lowest BCUT2D eigenvalue weighted by molar-refractivity contribution is -0.136. The van der Waals surface area contributed by atoms with Crippen molar-refractivity contribution in [2.24, 2.45) is 0 Å². The van der Waals surface area contributed by atoms with Gasteiger partial charge in [0.25, 0.3) is 0 Å². The van der Waals surface area contributed by atoms with Crippen LogP contribution in [-0.4, -0.2) is 21.5 Å². The Morgan fingerprint density at radius 2 is 1.94 bits per heavy atom. The van der Waals surface area contributed by atoms with Crippen molar-refractivity contribution < 1.29 is 19.7 Å². The number of hydrogen-bond acceptors (Lipinski definition) is 5. The third kappa shape index (κ3) is 1.89. The molecule has 0 saturated heterocycles. The molecule has 1 atom stereocenters. The maximum atomic E-state index is 9.89. The summed E-state index contributed by atoms with van der Waals surface area (Å²) in [6, 6.07) is 0. The summed E-state index contributed by atoms with van der Waals surface area (Å²) in [5.74, 6) is 0.130. The molecule has 0 fully saturated rings. The fraction of sp³-hybridized carbons (Fsp3) is 0.545. The van der Waals surface area contributed by atoms with E-state index in [4.69, 9.17) is 9.47 Å². The van der Waals surface area contributed by atoms with Crippen molar-refractivity contribution in [3.63, 3.8) is 0 Å². The second kappa shape index (κ2) is 4.37. The highest BCUT2D eigenvalue weighted by Crippen LogP contribution is 2.30. The van der Waals surface area contributed by atoms with E-state index in [9.17, 15) is 10.2 Å². The molecule has 5 nitrogen and oxygen atoms in total. The molecule has 1 aromatic rings. The third-order valence-corrected chi connectivity index (χ3v) is 2.72. The van der Waals surface area contributed by atoms with Crippen LogP contribution in [0.15, 0.2) is 0 Å². The molecule has 5 heteroatoms. The van der Waals surface area contributed by atoms with E-state index in [1.807, 2.05) is 0 Å². The topological polar surface area (TPSA) is 71.8 Å². The summed E-state index contributed by atoms with van der Waals surface area (Å²) < 4.78 is 10.8. The van der Waals surface area contributed by atoms with Crippen molar-refractivity contribution in [2.45, 2.75) is 40.0 Å². The molecule has 1 unspecified atom stereocenters. The fourth-order valence-corrected chi connectivity index (χ4v) is 1.76. The molecule has 0 aromatic carbocycles. The highest BCUT2D eigenvalue weighted by atomic mass is 16.7. The minimum atomic E-state index is -0.321. The first-order chi connectivity index (χ1) is 7.63. The predicted molar refractivity (Wildman–Crippen MR) is 55.6 cm³/mol. The van der Waals surface area contributed by atoms with E-state index in [1.54, 1.807) is 13.8 Å². The molecule has 0 aliphatic carbocycles. The Hall–Kier alpha value is -1.17. The molecule has 88 valence electrons. The summed E-state index contributed by atoms with van der Waals surface area (Å²) in [6.07, 6.45) is -0.321. The lowest BCUT2D eigenvalue weighted by atomic mass is 10.1. The van der Waals surface area contributed by atoms with E-state index in [0.717, 1.165) is 5.56 Å². The standard InChI is InChI=1S/C11H15NO4/c1-6-11(14)9-5-16-7(2)15-4-8(9)10(3-13)12-6/h7,13-14H,3-5H2,1-2H3. The van der Waals surface area contributed by atoms with Gasteiger partial charge in [-0.2, -0.15) is 0 Å². The largest absolute Gasteiger partial charge is 0.506 e. The Morgan fingerprint density at radius 1 is 1.31 bits per heavy atom. The van der Waals surface area contributed by atoms with Crippen LogP contribution in [0.3, 0.4) is 0 Å². The predicted octanol–water partition coefficient (Wildman–Crippen LogP) is 0.981. The molecule has 1 aliphatic rings. The fourth-order valence-electron chi connectivity index (χ4n) is 1.76. The number of ether oxygens (including phenoxy) is 2. The highest BCUT2D eigenvalue weighted by Gasteiger charge is 2.21. The minimum Gasteiger partial charge on any atom is -0.506 e. The summed E-state index contributed by atoms with van der Waals surface area (Å²) in [5.41, 5.74) is 2.44. The Bertz CT molecular complexity index is 405. The van der Waals surface area contributed by atoms with Gasteiger partial charge in [-0.3, -0.25) is 4.98 Å².